The van der Waals surface area contributed by atoms with Crippen molar-refractivity contribution in [3.63, 3.8) is 0 Å². The summed E-state index contributed by atoms with van der Waals surface area (Å²) < 4.78 is 17.1. The van der Waals surface area contributed by atoms with Gasteiger partial charge >= 0.3 is 5.97 Å². The lowest BCUT2D eigenvalue weighted by Crippen LogP contribution is -2.43. The standard InChI is InChI=1S/C23H27NO4/c1-3-7-18-10-11-20(21(16-18)26-2)27-17-22(25)28-23(12-14-24-15-13-23)19-8-5-4-6-9-19/h3-6,8-11,16,24H,1,7,12-15,17H2,2H3. The van der Waals surface area contributed by atoms with E-state index in [1.807, 2.05) is 54.6 Å². The van der Waals surface area contributed by atoms with E-state index in [2.05, 4.69) is 11.9 Å². The maximum absolute atomic E-state index is 12.6. The zero-order valence-corrected chi connectivity index (χ0v) is 16.3. The van der Waals surface area contributed by atoms with Crippen molar-refractivity contribution in [2.24, 2.45) is 0 Å². The van der Waals surface area contributed by atoms with Gasteiger partial charge in [-0.2, -0.15) is 0 Å². The monoisotopic (exact) mass is 381 g/mol. The first-order chi connectivity index (χ1) is 13.7. The highest BCUT2D eigenvalue weighted by atomic mass is 16.6. The minimum atomic E-state index is -0.606. The van der Waals surface area contributed by atoms with Crippen LogP contribution in [0.1, 0.15) is 24.0 Å². The normalized spacial score (nSPS) is 15.5. The Morgan fingerprint density at radius 1 is 1.14 bits per heavy atom. The molecular weight excluding hydrogens is 354 g/mol. The number of hydrogen-bond donors (Lipinski definition) is 1. The zero-order valence-electron chi connectivity index (χ0n) is 16.3. The van der Waals surface area contributed by atoms with E-state index < -0.39 is 5.60 Å². The van der Waals surface area contributed by atoms with E-state index in [1.54, 1.807) is 7.11 Å². The van der Waals surface area contributed by atoms with Crippen LogP contribution in [0.4, 0.5) is 0 Å². The van der Waals surface area contributed by atoms with E-state index in [0.29, 0.717) is 11.5 Å². The number of hydrogen-bond acceptors (Lipinski definition) is 5. The van der Waals surface area contributed by atoms with Crippen LogP contribution in [-0.2, 0) is 21.6 Å². The molecule has 28 heavy (non-hydrogen) atoms. The molecule has 0 radical (unpaired) electrons. The number of nitrogens with one attached hydrogen (secondary N) is 1. The van der Waals surface area contributed by atoms with E-state index in [4.69, 9.17) is 14.2 Å². The molecule has 1 saturated heterocycles. The van der Waals surface area contributed by atoms with Crippen molar-refractivity contribution in [3.05, 3.63) is 72.3 Å². The molecule has 2 aromatic rings. The van der Waals surface area contributed by atoms with Crippen LogP contribution in [-0.4, -0.2) is 32.8 Å². The number of rotatable bonds is 8. The minimum absolute atomic E-state index is 0.167. The number of methoxy groups -OCH3 is 1. The average molecular weight is 381 g/mol. The molecule has 0 aromatic heterocycles. The van der Waals surface area contributed by atoms with Crippen molar-refractivity contribution in [1.29, 1.82) is 0 Å². The van der Waals surface area contributed by atoms with Gasteiger partial charge in [-0.3, -0.25) is 0 Å². The smallest absolute Gasteiger partial charge is 0.345 e. The number of esters is 1. The highest BCUT2D eigenvalue weighted by Crippen LogP contribution is 2.35. The highest BCUT2D eigenvalue weighted by Gasteiger charge is 2.37. The summed E-state index contributed by atoms with van der Waals surface area (Å²) in [5, 5.41) is 3.32. The van der Waals surface area contributed by atoms with E-state index in [0.717, 1.165) is 43.5 Å². The summed E-state index contributed by atoms with van der Waals surface area (Å²) in [5.41, 5.74) is 1.49. The van der Waals surface area contributed by atoms with Crippen LogP contribution in [0.25, 0.3) is 0 Å². The molecule has 5 nitrogen and oxygen atoms in total. The fraction of sp³-hybridized carbons (Fsp3) is 0.348. The van der Waals surface area contributed by atoms with Gasteiger partial charge in [0.2, 0.25) is 0 Å². The fourth-order valence-electron chi connectivity index (χ4n) is 3.53. The lowest BCUT2D eigenvalue weighted by Gasteiger charge is -2.37. The molecule has 0 spiro atoms. The molecule has 0 amide bonds. The van der Waals surface area contributed by atoms with Crippen LogP contribution in [0.5, 0.6) is 11.5 Å². The molecular formula is C23H27NO4. The Balaban J connectivity index is 1.68. The molecule has 148 valence electrons. The van der Waals surface area contributed by atoms with Gasteiger partial charge in [0.05, 0.1) is 7.11 Å². The third-order valence-corrected chi connectivity index (χ3v) is 4.97. The van der Waals surface area contributed by atoms with E-state index in [1.165, 1.54) is 0 Å². The topological polar surface area (TPSA) is 56.8 Å². The Kier molecular flexibility index (Phi) is 6.71. The van der Waals surface area contributed by atoms with Crippen molar-refractivity contribution in [2.45, 2.75) is 24.9 Å². The predicted molar refractivity (Wildman–Crippen MR) is 109 cm³/mol. The van der Waals surface area contributed by atoms with Crippen molar-refractivity contribution in [3.8, 4) is 11.5 Å². The molecule has 1 aliphatic heterocycles. The van der Waals surface area contributed by atoms with Crippen LogP contribution in [0, 0.1) is 0 Å². The van der Waals surface area contributed by atoms with Crippen LogP contribution in [0.15, 0.2) is 61.2 Å². The summed E-state index contributed by atoms with van der Waals surface area (Å²) in [5.74, 6) is 0.723. The molecule has 1 fully saturated rings. The van der Waals surface area contributed by atoms with Crippen molar-refractivity contribution in [1.82, 2.24) is 5.32 Å². The molecule has 1 heterocycles. The number of carbonyl (C=O) groups is 1. The van der Waals surface area contributed by atoms with Gasteiger partial charge < -0.3 is 19.5 Å². The molecule has 1 N–H and O–H groups in total. The summed E-state index contributed by atoms with van der Waals surface area (Å²) >= 11 is 0. The SMILES string of the molecule is C=CCc1ccc(OCC(=O)OC2(c3ccccc3)CCNCC2)c(OC)c1. The highest BCUT2D eigenvalue weighted by molar-refractivity contribution is 5.72. The molecule has 1 aliphatic rings. The van der Waals surface area contributed by atoms with Gasteiger partial charge in [0.15, 0.2) is 18.1 Å². The summed E-state index contributed by atoms with van der Waals surface area (Å²) in [7, 11) is 1.58. The van der Waals surface area contributed by atoms with Gasteiger partial charge in [0.1, 0.15) is 5.60 Å². The largest absolute Gasteiger partial charge is 0.493 e. The van der Waals surface area contributed by atoms with Crippen LogP contribution in [0.2, 0.25) is 0 Å². The van der Waals surface area contributed by atoms with Gasteiger partial charge in [0, 0.05) is 12.8 Å². The summed E-state index contributed by atoms with van der Waals surface area (Å²) in [6, 6.07) is 15.6. The first-order valence-electron chi connectivity index (χ1n) is 9.55. The first kappa shape index (κ1) is 20.0. The zero-order chi connectivity index (χ0) is 19.8. The number of allylic oxidation sites excluding steroid dienone is 1. The number of piperidine rings is 1. The average Bonchev–Trinajstić information content (AvgIpc) is 2.74. The molecule has 2 aromatic carbocycles. The van der Waals surface area contributed by atoms with Gasteiger partial charge in [-0.25, -0.2) is 4.79 Å². The maximum atomic E-state index is 12.6. The Bertz CT molecular complexity index is 798. The second-order valence-electron chi connectivity index (χ2n) is 6.85. The number of ether oxygens (including phenoxy) is 3. The Hall–Kier alpha value is -2.79. The third kappa shape index (κ3) is 4.73. The molecule has 3 rings (SSSR count). The fourth-order valence-corrected chi connectivity index (χ4v) is 3.53. The van der Waals surface area contributed by atoms with E-state index in [9.17, 15) is 4.79 Å². The lowest BCUT2D eigenvalue weighted by molar-refractivity contribution is -0.166. The molecule has 5 heteroatoms. The summed E-state index contributed by atoms with van der Waals surface area (Å²) in [6.45, 7) is 5.19. The van der Waals surface area contributed by atoms with E-state index in [-0.39, 0.29) is 12.6 Å². The first-order valence-corrected chi connectivity index (χ1v) is 9.55. The molecule has 0 bridgehead atoms. The van der Waals surface area contributed by atoms with Crippen LogP contribution < -0.4 is 14.8 Å². The quantitative estimate of drug-likeness (QED) is 0.559. The van der Waals surface area contributed by atoms with Crippen molar-refractivity contribution < 1.29 is 19.0 Å². The maximum Gasteiger partial charge on any atom is 0.345 e. The van der Waals surface area contributed by atoms with Crippen LogP contribution in [0.3, 0.4) is 0 Å². The molecule has 0 saturated carbocycles. The number of benzene rings is 2. The van der Waals surface area contributed by atoms with Crippen molar-refractivity contribution >= 4 is 5.97 Å². The lowest BCUT2D eigenvalue weighted by atomic mass is 9.85. The van der Waals surface area contributed by atoms with Gasteiger partial charge in [-0.05, 0) is 42.8 Å². The van der Waals surface area contributed by atoms with E-state index >= 15 is 0 Å². The predicted octanol–water partition coefficient (Wildman–Crippen LogP) is 3.62. The molecule has 0 atom stereocenters. The third-order valence-electron chi connectivity index (χ3n) is 4.97. The van der Waals surface area contributed by atoms with Gasteiger partial charge in [0.25, 0.3) is 0 Å². The number of carbonyl (C=O) groups excluding carboxylic acids is 1. The Morgan fingerprint density at radius 3 is 2.57 bits per heavy atom. The second-order valence-corrected chi connectivity index (χ2v) is 6.85. The van der Waals surface area contributed by atoms with Crippen LogP contribution >= 0.6 is 0 Å². The van der Waals surface area contributed by atoms with Gasteiger partial charge in [-0.1, -0.05) is 42.5 Å². The second kappa shape index (κ2) is 9.42. The minimum Gasteiger partial charge on any atom is -0.493 e. The summed E-state index contributed by atoms with van der Waals surface area (Å²) in [6.07, 6.45) is 4.05. The van der Waals surface area contributed by atoms with Gasteiger partial charge in [-0.15, -0.1) is 6.58 Å². The Morgan fingerprint density at radius 2 is 1.89 bits per heavy atom. The molecule has 0 aliphatic carbocycles. The Labute approximate surface area is 166 Å². The molecule has 0 unspecified atom stereocenters. The summed E-state index contributed by atoms with van der Waals surface area (Å²) in [4.78, 5) is 12.6. The van der Waals surface area contributed by atoms with Crippen molar-refractivity contribution in [2.75, 3.05) is 26.8 Å².